The van der Waals surface area contributed by atoms with Gasteiger partial charge in [-0.05, 0) is 49.9 Å². The van der Waals surface area contributed by atoms with Crippen LogP contribution in [0.25, 0.3) is 0 Å². The van der Waals surface area contributed by atoms with Crippen LogP contribution < -0.4 is 9.62 Å². The molecule has 2 aliphatic rings. The molecule has 0 radical (unpaired) electrons. The van der Waals surface area contributed by atoms with E-state index in [0.717, 1.165) is 36.2 Å². The van der Waals surface area contributed by atoms with E-state index in [1.54, 1.807) is 13.0 Å². The van der Waals surface area contributed by atoms with Gasteiger partial charge in [0.25, 0.3) is 0 Å². The Kier molecular flexibility index (Phi) is 3.01. The topological polar surface area (TPSA) is 66.5 Å². The van der Waals surface area contributed by atoms with Crippen molar-refractivity contribution in [3.8, 4) is 0 Å². The van der Waals surface area contributed by atoms with Crippen LogP contribution in [-0.2, 0) is 21.2 Å². The summed E-state index contributed by atoms with van der Waals surface area (Å²) in [6, 6.07) is 3.67. The van der Waals surface area contributed by atoms with Gasteiger partial charge in [0.05, 0.1) is 17.4 Å². The number of carbonyl (C=O) groups excluding carboxylic acids is 1. The zero-order chi connectivity index (χ0) is 14.5. The molecule has 108 valence electrons. The molecule has 6 heteroatoms. The zero-order valence-electron chi connectivity index (χ0n) is 11.6. The van der Waals surface area contributed by atoms with Gasteiger partial charge in [0.2, 0.25) is 15.9 Å². The molecule has 1 atom stereocenters. The van der Waals surface area contributed by atoms with Crippen LogP contribution in [0.15, 0.2) is 12.1 Å². The van der Waals surface area contributed by atoms with Gasteiger partial charge in [0, 0.05) is 12.2 Å². The van der Waals surface area contributed by atoms with E-state index in [2.05, 4.69) is 4.72 Å². The van der Waals surface area contributed by atoms with Crippen LogP contribution in [0.1, 0.15) is 37.3 Å². The summed E-state index contributed by atoms with van der Waals surface area (Å²) in [6.07, 6.45) is 1.81. The van der Waals surface area contributed by atoms with Gasteiger partial charge < -0.3 is 4.90 Å². The van der Waals surface area contributed by atoms with Crippen molar-refractivity contribution in [1.29, 1.82) is 0 Å². The lowest BCUT2D eigenvalue weighted by Gasteiger charge is -2.26. The molecular weight excluding hydrogens is 276 g/mol. The van der Waals surface area contributed by atoms with Crippen molar-refractivity contribution in [3.63, 3.8) is 0 Å². The quantitative estimate of drug-likeness (QED) is 0.925. The summed E-state index contributed by atoms with van der Waals surface area (Å²) in [4.78, 5) is 14.1. The predicted octanol–water partition coefficient (Wildman–Crippen LogP) is 1.84. The fourth-order valence-corrected chi connectivity index (χ4v) is 3.63. The van der Waals surface area contributed by atoms with Gasteiger partial charge in [-0.1, -0.05) is 0 Å². The summed E-state index contributed by atoms with van der Waals surface area (Å²) in [7, 11) is -3.29. The van der Waals surface area contributed by atoms with E-state index in [4.69, 9.17) is 0 Å². The molecule has 0 saturated carbocycles. The maximum Gasteiger partial charge on any atom is 0.234 e. The number of rotatable bonds is 3. The molecule has 5 nitrogen and oxygen atoms in total. The average Bonchev–Trinajstić information content (AvgIpc) is 2.66. The lowest BCUT2D eigenvalue weighted by Crippen LogP contribution is -2.32. The average molecular weight is 294 g/mol. The van der Waals surface area contributed by atoms with Crippen LogP contribution in [0.5, 0.6) is 0 Å². The number of nitrogens with one attached hydrogen (secondary N) is 1. The van der Waals surface area contributed by atoms with E-state index in [1.807, 2.05) is 17.9 Å². The second-order valence-corrected chi connectivity index (χ2v) is 7.40. The van der Waals surface area contributed by atoms with Gasteiger partial charge in [-0.15, -0.1) is 0 Å². The lowest BCUT2D eigenvalue weighted by atomic mass is 9.96. The smallest absolute Gasteiger partial charge is 0.234 e. The lowest BCUT2D eigenvalue weighted by molar-refractivity contribution is -0.119. The standard InChI is InChI=1S/C14H18N2O3S/c1-3-20(18,19)15-11-7-10-5-4-6-16-13(10)12(8-11)9(2)14(16)17/h7-9,15H,3-6H2,1-2H3/t9-/m0/s1. The second kappa shape index (κ2) is 4.48. The maximum absolute atomic E-state index is 12.2. The van der Waals surface area contributed by atoms with E-state index in [1.165, 1.54) is 0 Å². The Morgan fingerprint density at radius 1 is 1.40 bits per heavy atom. The predicted molar refractivity (Wildman–Crippen MR) is 78.6 cm³/mol. The molecule has 1 amide bonds. The molecule has 0 unspecified atom stereocenters. The van der Waals surface area contributed by atoms with Gasteiger partial charge in [-0.3, -0.25) is 9.52 Å². The van der Waals surface area contributed by atoms with Crippen molar-refractivity contribution in [2.75, 3.05) is 21.9 Å². The maximum atomic E-state index is 12.2. The number of amides is 1. The highest BCUT2D eigenvalue weighted by molar-refractivity contribution is 7.92. The molecule has 0 bridgehead atoms. The number of aryl methyl sites for hydroxylation is 1. The van der Waals surface area contributed by atoms with E-state index < -0.39 is 10.0 Å². The Bertz CT molecular complexity index is 682. The molecule has 0 spiro atoms. The molecule has 20 heavy (non-hydrogen) atoms. The summed E-state index contributed by atoms with van der Waals surface area (Å²) < 4.78 is 26.0. The molecule has 3 rings (SSSR count). The van der Waals surface area contributed by atoms with Crippen LogP contribution in [0.3, 0.4) is 0 Å². The first-order valence-corrected chi connectivity index (χ1v) is 8.57. The largest absolute Gasteiger partial charge is 0.311 e. The molecule has 0 saturated heterocycles. The van der Waals surface area contributed by atoms with E-state index in [0.29, 0.717) is 5.69 Å². The van der Waals surface area contributed by atoms with Crippen molar-refractivity contribution in [3.05, 3.63) is 23.3 Å². The van der Waals surface area contributed by atoms with Crippen LogP contribution in [0.2, 0.25) is 0 Å². The molecule has 1 N–H and O–H groups in total. The van der Waals surface area contributed by atoms with E-state index in [9.17, 15) is 13.2 Å². The number of sulfonamides is 1. The van der Waals surface area contributed by atoms with Crippen LogP contribution in [0.4, 0.5) is 11.4 Å². The highest BCUT2D eigenvalue weighted by Gasteiger charge is 2.38. The Hall–Kier alpha value is -1.56. The molecule has 1 aromatic carbocycles. The minimum absolute atomic E-state index is 0.0417. The first kappa shape index (κ1) is 13.4. The van der Waals surface area contributed by atoms with Crippen molar-refractivity contribution in [2.24, 2.45) is 0 Å². The summed E-state index contributed by atoms with van der Waals surface area (Å²) >= 11 is 0. The van der Waals surface area contributed by atoms with Gasteiger partial charge in [-0.25, -0.2) is 8.42 Å². The minimum atomic E-state index is -3.29. The highest BCUT2D eigenvalue weighted by atomic mass is 32.2. The zero-order valence-corrected chi connectivity index (χ0v) is 12.5. The summed E-state index contributed by atoms with van der Waals surface area (Å²) in [5.41, 5.74) is 3.60. The number of carbonyl (C=O) groups is 1. The molecule has 2 aliphatic heterocycles. The fraction of sp³-hybridized carbons (Fsp3) is 0.500. The summed E-state index contributed by atoms with van der Waals surface area (Å²) in [5, 5.41) is 0. The molecule has 0 fully saturated rings. The van der Waals surface area contributed by atoms with E-state index in [-0.39, 0.29) is 17.6 Å². The molecule has 2 heterocycles. The van der Waals surface area contributed by atoms with Crippen molar-refractivity contribution < 1.29 is 13.2 Å². The van der Waals surface area contributed by atoms with Gasteiger partial charge in [0.1, 0.15) is 0 Å². The van der Waals surface area contributed by atoms with Gasteiger partial charge in [0.15, 0.2) is 0 Å². The Balaban J connectivity index is 2.09. The monoisotopic (exact) mass is 294 g/mol. The number of hydrogen-bond donors (Lipinski definition) is 1. The van der Waals surface area contributed by atoms with Gasteiger partial charge in [-0.2, -0.15) is 0 Å². The fourth-order valence-electron chi connectivity index (χ4n) is 3.01. The number of nitrogens with zero attached hydrogens (tertiary/aromatic N) is 1. The Morgan fingerprint density at radius 2 is 2.15 bits per heavy atom. The number of hydrogen-bond acceptors (Lipinski definition) is 3. The first-order chi connectivity index (χ1) is 9.43. The number of benzene rings is 1. The highest BCUT2D eigenvalue weighted by Crippen LogP contribution is 2.44. The molecule has 0 aliphatic carbocycles. The first-order valence-electron chi connectivity index (χ1n) is 6.91. The van der Waals surface area contributed by atoms with Crippen LogP contribution in [0, 0.1) is 0 Å². The Labute approximate surface area is 119 Å². The SMILES string of the molecule is CCS(=O)(=O)Nc1cc2c3c(c1)[C@H](C)C(=O)N3CCC2. The molecule has 0 aromatic heterocycles. The Morgan fingerprint density at radius 3 is 2.85 bits per heavy atom. The number of anilines is 2. The third-order valence-corrected chi connectivity index (χ3v) is 5.38. The van der Waals surface area contributed by atoms with Crippen molar-refractivity contribution in [2.45, 2.75) is 32.6 Å². The summed E-state index contributed by atoms with van der Waals surface area (Å²) in [6.45, 7) is 4.26. The van der Waals surface area contributed by atoms with Crippen LogP contribution >= 0.6 is 0 Å². The second-order valence-electron chi connectivity index (χ2n) is 5.39. The van der Waals surface area contributed by atoms with Crippen LogP contribution in [-0.4, -0.2) is 26.6 Å². The third kappa shape index (κ3) is 1.98. The van der Waals surface area contributed by atoms with Crippen molar-refractivity contribution >= 4 is 27.3 Å². The summed E-state index contributed by atoms with van der Waals surface area (Å²) in [5.74, 6) is -0.0237. The van der Waals surface area contributed by atoms with E-state index >= 15 is 0 Å². The normalized spacial score (nSPS) is 21.0. The van der Waals surface area contributed by atoms with Gasteiger partial charge >= 0.3 is 0 Å². The van der Waals surface area contributed by atoms with Crippen molar-refractivity contribution in [1.82, 2.24) is 0 Å². The third-order valence-electron chi connectivity index (χ3n) is 4.07. The molecule has 1 aromatic rings. The molecular formula is C14H18N2O3S. The minimum Gasteiger partial charge on any atom is -0.311 e.